The van der Waals surface area contributed by atoms with Gasteiger partial charge in [-0.1, -0.05) is 6.07 Å². The van der Waals surface area contributed by atoms with Crippen molar-refractivity contribution in [2.75, 3.05) is 19.6 Å². The first-order valence-electron chi connectivity index (χ1n) is 7.01. The Hall–Kier alpha value is -0.450. The van der Waals surface area contributed by atoms with Crippen molar-refractivity contribution in [3.8, 4) is 0 Å². The van der Waals surface area contributed by atoms with Gasteiger partial charge < -0.3 is 5.73 Å². The van der Waals surface area contributed by atoms with Crippen LogP contribution >= 0.6 is 15.9 Å². The number of rotatable bonds is 4. The zero-order valence-corrected chi connectivity index (χ0v) is 13.0. The molecule has 0 radical (unpaired) electrons. The van der Waals surface area contributed by atoms with Crippen molar-refractivity contribution in [1.82, 2.24) is 4.90 Å². The Bertz CT molecular complexity index is 423. The number of nitrogens with two attached hydrogens (primary N) is 1. The minimum Gasteiger partial charge on any atom is -0.330 e. The molecule has 2 rings (SSSR count). The molecule has 1 aliphatic rings. The van der Waals surface area contributed by atoms with Crippen molar-refractivity contribution in [3.63, 3.8) is 0 Å². The van der Waals surface area contributed by atoms with Crippen LogP contribution in [0.25, 0.3) is 0 Å². The average Bonchev–Trinajstić information content (AvgIpc) is 2.42. The zero-order valence-electron chi connectivity index (χ0n) is 11.4. The van der Waals surface area contributed by atoms with Crippen LogP contribution in [0.15, 0.2) is 22.7 Å². The lowest BCUT2D eigenvalue weighted by Crippen LogP contribution is -2.37. The fourth-order valence-corrected chi connectivity index (χ4v) is 3.30. The molecule has 2 nitrogen and oxygen atoms in total. The van der Waals surface area contributed by atoms with Crippen molar-refractivity contribution < 1.29 is 4.39 Å². The second-order valence-electron chi connectivity index (χ2n) is 5.43. The van der Waals surface area contributed by atoms with E-state index in [1.165, 1.54) is 24.5 Å². The third-order valence-corrected chi connectivity index (χ3v) is 4.71. The smallest absolute Gasteiger partial charge is 0.137 e. The molecule has 0 spiro atoms. The monoisotopic (exact) mass is 328 g/mol. The minimum atomic E-state index is -0.199. The molecular formula is C15H22BrFN2. The average molecular weight is 329 g/mol. The molecule has 0 amide bonds. The maximum absolute atomic E-state index is 13.3. The molecule has 4 heteroatoms. The van der Waals surface area contributed by atoms with Crippen molar-refractivity contribution in [2.24, 2.45) is 11.7 Å². The van der Waals surface area contributed by atoms with Crippen LogP contribution < -0.4 is 5.73 Å². The van der Waals surface area contributed by atoms with Crippen LogP contribution in [0.2, 0.25) is 0 Å². The van der Waals surface area contributed by atoms with Gasteiger partial charge in [0.1, 0.15) is 5.82 Å². The molecule has 0 saturated carbocycles. The Morgan fingerprint density at radius 2 is 2.32 bits per heavy atom. The number of halogens is 2. The van der Waals surface area contributed by atoms with Crippen molar-refractivity contribution in [3.05, 3.63) is 34.1 Å². The third-order valence-electron chi connectivity index (χ3n) is 4.10. The molecule has 0 bridgehead atoms. The number of piperidine rings is 1. The Kier molecular flexibility index (Phi) is 5.37. The van der Waals surface area contributed by atoms with Gasteiger partial charge in [-0.15, -0.1) is 0 Å². The van der Waals surface area contributed by atoms with Crippen LogP contribution in [-0.2, 0) is 0 Å². The van der Waals surface area contributed by atoms with Crippen LogP contribution in [0.4, 0.5) is 4.39 Å². The highest BCUT2D eigenvalue weighted by Crippen LogP contribution is 2.29. The van der Waals surface area contributed by atoms with E-state index < -0.39 is 0 Å². The van der Waals surface area contributed by atoms with Crippen LogP contribution in [0.3, 0.4) is 0 Å². The van der Waals surface area contributed by atoms with Gasteiger partial charge in [-0.3, -0.25) is 4.90 Å². The van der Waals surface area contributed by atoms with Gasteiger partial charge in [0, 0.05) is 12.6 Å². The van der Waals surface area contributed by atoms with Gasteiger partial charge in [0.05, 0.1) is 4.47 Å². The molecule has 2 atom stereocenters. The van der Waals surface area contributed by atoms with E-state index in [2.05, 4.69) is 27.8 Å². The molecule has 1 aliphatic heterocycles. The molecule has 106 valence electrons. The summed E-state index contributed by atoms with van der Waals surface area (Å²) in [5.74, 6) is 0.515. The van der Waals surface area contributed by atoms with Crippen LogP contribution in [0.5, 0.6) is 0 Å². The molecule has 1 heterocycles. The number of benzene rings is 1. The maximum atomic E-state index is 13.3. The molecule has 0 aromatic heterocycles. The van der Waals surface area contributed by atoms with Crippen LogP contribution in [-0.4, -0.2) is 24.5 Å². The molecule has 2 N–H and O–H groups in total. The first-order valence-corrected chi connectivity index (χ1v) is 7.80. The maximum Gasteiger partial charge on any atom is 0.137 e. The summed E-state index contributed by atoms with van der Waals surface area (Å²) in [5.41, 5.74) is 6.83. The molecule has 1 saturated heterocycles. The van der Waals surface area contributed by atoms with Gasteiger partial charge in [-0.25, -0.2) is 4.39 Å². The molecule has 1 fully saturated rings. The first kappa shape index (κ1) is 14.9. The summed E-state index contributed by atoms with van der Waals surface area (Å²) in [5, 5.41) is 0. The summed E-state index contributed by atoms with van der Waals surface area (Å²) >= 11 is 3.27. The van der Waals surface area contributed by atoms with Crippen LogP contribution in [0, 0.1) is 11.7 Å². The van der Waals surface area contributed by atoms with E-state index in [0.29, 0.717) is 16.4 Å². The lowest BCUT2D eigenvalue weighted by molar-refractivity contribution is 0.128. The predicted octanol–water partition coefficient (Wildman–Crippen LogP) is 3.71. The number of nitrogens with zero attached hydrogens (tertiary/aromatic N) is 1. The van der Waals surface area contributed by atoms with Gasteiger partial charge >= 0.3 is 0 Å². The Morgan fingerprint density at radius 1 is 1.53 bits per heavy atom. The minimum absolute atomic E-state index is 0.199. The largest absolute Gasteiger partial charge is 0.330 e. The Labute approximate surface area is 123 Å². The van der Waals surface area contributed by atoms with Crippen molar-refractivity contribution >= 4 is 15.9 Å². The van der Waals surface area contributed by atoms with Gasteiger partial charge in [-0.2, -0.15) is 0 Å². The predicted molar refractivity (Wildman–Crippen MR) is 80.5 cm³/mol. The Morgan fingerprint density at radius 3 is 3.00 bits per heavy atom. The number of likely N-dealkylation sites (tertiary alicyclic amines) is 1. The summed E-state index contributed by atoms with van der Waals surface area (Å²) < 4.78 is 13.8. The van der Waals surface area contributed by atoms with Gasteiger partial charge in [0.25, 0.3) is 0 Å². The SMILES string of the molecule is CC(c1ccc(F)c(Br)c1)N1CCCC(CCN)C1. The lowest BCUT2D eigenvalue weighted by atomic mass is 9.93. The molecule has 1 aromatic rings. The molecular weight excluding hydrogens is 307 g/mol. The van der Waals surface area contributed by atoms with E-state index in [4.69, 9.17) is 5.73 Å². The second-order valence-corrected chi connectivity index (χ2v) is 6.28. The highest BCUT2D eigenvalue weighted by molar-refractivity contribution is 9.10. The highest BCUT2D eigenvalue weighted by atomic mass is 79.9. The summed E-state index contributed by atoms with van der Waals surface area (Å²) in [4.78, 5) is 2.49. The Balaban J connectivity index is 2.05. The van der Waals surface area contributed by atoms with E-state index in [9.17, 15) is 4.39 Å². The lowest BCUT2D eigenvalue weighted by Gasteiger charge is -2.37. The topological polar surface area (TPSA) is 29.3 Å². The van der Waals surface area contributed by atoms with E-state index in [-0.39, 0.29) is 5.82 Å². The van der Waals surface area contributed by atoms with Crippen molar-refractivity contribution in [1.29, 1.82) is 0 Å². The number of hydrogen-bond acceptors (Lipinski definition) is 2. The van der Waals surface area contributed by atoms with E-state index in [1.54, 1.807) is 0 Å². The van der Waals surface area contributed by atoms with Gasteiger partial charge in [0.2, 0.25) is 0 Å². The van der Waals surface area contributed by atoms with Gasteiger partial charge in [0.15, 0.2) is 0 Å². The second kappa shape index (κ2) is 6.82. The summed E-state index contributed by atoms with van der Waals surface area (Å²) in [6, 6.07) is 5.65. The van der Waals surface area contributed by atoms with E-state index >= 15 is 0 Å². The fourth-order valence-electron chi connectivity index (χ4n) is 2.90. The molecule has 19 heavy (non-hydrogen) atoms. The third kappa shape index (κ3) is 3.77. The normalized spacial score (nSPS) is 22.4. The van der Waals surface area contributed by atoms with Crippen LogP contribution in [0.1, 0.15) is 37.8 Å². The molecule has 0 aliphatic carbocycles. The summed E-state index contributed by atoms with van der Waals surface area (Å²) in [6.07, 6.45) is 3.63. The summed E-state index contributed by atoms with van der Waals surface area (Å²) in [6.45, 7) is 5.20. The van der Waals surface area contributed by atoms with E-state index in [0.717, 1.165) is 26.1 Å². The standard InChI is InChI=1S/C15H22BrFN2/c1-11(13-4-5-15(17)14(16)9-13)19-8-2-3-12(10-19)6-7-18/h4-5,9,11-12H,2-3,6-8,10,18H2,1H3. The molecule has 2 unspecified atom stereocenters. The van der Waals surface area contributed by atoms with Crippen molar-refractivity contribution in [2.45, 2.75) is 32.2 Å². The molecule has 1 aromatic carbocycles. The summed E-state index contributed by atoms with van der Waals surface area (Å²) in [7, 11) is 0. The van der Waals surface area contributed by atoms with E-state index in [1.807, 2.05) is 12.1 Å². The van der Waals surface area contributed by atoms with Gasteiger partial charge in [-0.05, 0) is 78.8 Å². The first-order chi connectivity index (χ1) is 9.11. The number of hydrogen-bond donors (Lipinski definition) is 1. The zero-order chi connectivity index (χ0) is 13.8. The quantitative estimate of drug-likeness (QED) is 0.912. The fraction of sp³-hybridized carbons (Fsp3) is 0.600. The highest BCUT2D eigenvalue weighted by Gasteiger charge is 2.24.